The number of anilines is 1. The summed E-state index contributed by atoms with van der Waals surface area (Å²) < 4.78 is 26.9. The zero-order chi connectivity index (χ0) is 20.9. The first-order valence-corrected chi connectivity index (χ1v) is 10.5. The highest BCUT2D eigenvalue weighted by atomic mass is 19.1. The molecule has 2 heterocycles. The van der Waals surface area contributed by atoms with E-state index in [4.69, 9.17) is 0 Å². The van der Waals surface area contributed by atoms with E-state index in [1.807, 2.05) is 17.0 Å². The minimum absolute atomic E-state index is 0.163. The van der Waals surface area contributed by atoms with Gasteiger partial charge in [-0.1, -0.05) is 18.2 Å². The van der Waals surface area contributed by atoms with Gasteiger partial charge >= 0.3 is 0 Å². The number of carbonyl (C=O) groups excluding carboxylic acids is 1. The van der Waals surface area contributed by atoms with Crippen LogP contribution in [0.3, 0.4) is 0 Å². The van der Waals surface area contributed by atoms with Crippen LogP contribution in [0.25, 0.3) is 0 Å². The van der Waals surface area contributed by atoms with Gasteiger partial charge in [-0.3, -0.25) is 14.6 Å². The average molecular weight is 415 g/mol. The standard InChI is InChI=1S/C23H28F2N4O/c24-20-5-7-21(8-6-20)28-13-9-27(10-14-28)18-23(30)29-15-11-26(12-16-29)17-19-3-1-2-4-22(19)25/h1-8H,9-18H2. The molecule has 0 saturated carbocycles. The van der Waals surface area contributed by atoms with Crippen molar-refractivity contribution in [2.45, 2.75) is 6.54 Å². The lowest BCUT2D eigenvalue weighted by molar-refractivity contribution is -0.134. The van der Waals surface area contributed by atoms with Crippen LogP contribution in [0.5, 0.6) is 0 Å². The summed E-state index contributed by atoms with van der Waals surface area (Å²) in [4.78, 5) is 21.3. The molecule has 1 amide bonds. The predicted molar refractivity (Wildman–Crippen MR) is 113 cm³/mol. The third-order valence-corrected chi connectivity index (χ3v) is 6.00. The number of amides is 1. The smallest absolute Gasteiger partial charge is 0.236 e. The van der Waals surface area contributed by atoms with Crippen LogP contribution in [-0.4, -0.2) is 79.5 Å². The van der Waals surface area contributed by atoms with Crippen LogP contribution in [0.1, 0.15) is 5.56 Å². The van der Waals surface area contributed by atoms with Crippen molar-refractivity contribution in [3.8, 4) is 0 Å². The Bertz CT molecular complexity index is 845. The molecule has 0 aliphatic carbocycles. The Kier molecular flexibility index (Phi) is 6.59. The van der Waals surface area contributed by atoms with E-state index >= 15 is 0 Å². The molecular weight excluding hydrogens is 386 g/mol. The van der Waals surface area contributed by atoms with Crippen molar-refractivity contribution in [1.82, 2.24) is 14.7 Å². The third kappa shape index (κ3) is 5.15. The molecule has 2 aromatic carbocycles. The number of hydrogen-bond donors (Lipinski definition) is 0. The number of piperazine rings is 2. The Morgan fingerprint density at radius 1 is 0.767 bits per heavy atom. The van der Waals surface area contributed by atoms with Gasteiger partial charge in [0, 0.05) is 70.2 Å². The van der Waals surface area contributed by atoms with Crippen molar-refractivity contribution >= 4 is 11.6 Å². The van der Waals surface area contributed by atoms with Crippen molar-refractivity contribution < 1.29 is 13.6 Å². The van der Waals surface area contributed by atoms with Gasteiger partial charge in [0.2, 0.25) is 5.91 Å². The van der Waals surface area contributed by atoms with Gasteiger partial charge in [-0.25, -0.2) is 8.78 Å². The Hall–Kier alpha value is -2.51. The molecule has 4 rings (SSSR count). The molecule has 2 aliphatic heterocycles. The van der Waals surface area contributed by atoms with Crippen LogP contribution in [0, 0.1) is 11.6 Å². The first-order chi connectivity index (χ1) is 14.6. The molecule has 5 nitrogen and oxygen atoms in total. The summed E-state index contributed by atoms with van der Waals surface area (Å²) in [6.07, 6.45) is 0. The zero-order valence-electron chi connectivity index (χ0n) is 17.1. The normalized spacial score (nSPS) is 18.6. The summed E-state index contributed by atoms with van der Waals surface area (Å²) >= 11 is 0. The van der Waals surface area contributed by atoms with Crippen molar-refractivity contribution in [1.29, 1.82) is 0 Å². The topological polar surface area (TPSA) is 30.0 Å². The molecule has 160 valence electrons. The fourth-order valence-corrected chi connectivity index (χ4v) is 4.13. The Morgan fingerprint density at radius 2 is 1.40 bits per heavy atom. The number of carbonyl (C=O) groups is 1. The van der Waals surface area contributed by atoms with Gasteiger partial charge in [-0.05, 0) is 30.3 Å². The highest BCUT2D eigenvalue weighted by Crippen LogP contribution is 2.17. The molecule has 2 aromatic rings. The van der Waals surface area contributed by atoms with E-state index < -0.39 is 0 Å². The number of hydrogen-bond acceptors (Lipinski definition) is 4. The largest absolute Gasteiger partial charge is 0.369 e. The molecular formula is C23H28F2N4O. The Morgan fingerprint density at radius 3 is 2.07 bits per heavy atom. The minimum atomic E-state index is -0.225. The maximum Gasteiger partial charge on any atom is 0.236 e. The summed E-state index contributed by atoms with van der Waals surface area (Å²) in [5.41, 5.74) is 1.73. The lowest BCUT2D eigenvalue weighted by Crippen LogP contribution is -2.53. The van der Waals surface area contributed by atoms with Gasteiger partial charge in [0.05, 0.1) is 6.54 Å². The number of benzene rings is 2. The van der Waals surface area contributed by atoms with Gasteiger partial charge in [0.1, 0.15) is 11.6 Å². The summed E-state index contributed by atoms with van der Waals surface area (Å²) in [6, 6.07) is 13.4. The first kappa shape index (κ1) is 20.8. The van der Waals surface area contributed by atoms with Crippen molar-refractivity contribution in [2.24, 2.45) is 0 Å². The molecule has 0 unspecified atom stereocenters. The number of nitrogens with zero attached hydrogens (tertiary/aromatic N) is 4. The highest BCUT2D eigenvalue weighted by molar-refractivity contribution is 5.78. The van der Waals surface area contributed by atoms with Crippen LogP contribution in [0.4, 0.5) is 14.5 Å². The van der Waals surface area contributed by atoms with E-state index in [0.29, 0.717) is 31.7 Å². The van der Waals surface area contributed by atoms with Crippen LogP contribution in [-0.2, 0) is 11.3 Å². The number of halogens is 2. The summed E-state index contributed by atoms with van der Waals surface area (Å²) in [6.45, 7) is 7.20. The highest BCUT2D eigenvalue weighted by Gasteiger charge is 2.25. The van der Waals surface area contributed by atoms with E-state index in [-0.39, 0.29) is 17.5 Å². The first-order valence-electron chi connectivity index (χ1n) is 10.5. The second kappa shape index (κ2) is 9.53. The van der Waals surface area contributed by atoms with E-state index in [1.165, 1.54) is 18.2 Å². The maximum atomic E-state index is 13.8. The van der Waals surface area contributed by atoms with Crippen molar-refractivity contribution in [3.05, 3.63) is 65.7 Å². The van der Waals surface area contributed by atoms with Crippen LogP contribution >= 0.6 is 0 Å². The van der Waals surface area contributed by atoms with Crippen molar-refractivity contribution in [2.75, 3.05) is 63.8 Å². The molecule has 2 fully saturated rings. The van der Waals surface area contributed by atoms with Gasteiger partial charge in [0.25, 0.3) is 0 Å². The van der Waals surface area contributed by atoms with Gasteiger partial charge < -0.3 is 9.80 Å². The maximum absolute atomic E-state index is 13.8. The monoisotopic (exact) mass is 414 g/mol. The van der Waals surface area contributed by atoms with E-state index in [9.17, 15) is 13.6 Å². The number of rotatable bonds is 5. The third-order valence-electron chi connectivity index (χ3n) is 6.00. The van der Waals surface area contributed by atoms with E-state index in [2.05, 4.69) is 14.7 Å². The lowest BCUT2D eigenvalue weighted by Gasteiger charge is -2.38. The summed E-state index contributed by atoms with van der Waals surface area (Å²) in [5.74, 6) is -0.233. The van der Waals surface area contributed by atoms with E-state index in [0.717, 1.165) is 45.0 Å². The molecule has 0 radical (unpaired) electrons. The second-order valence-corrected chi connectivity index (χ2v) is 7.99. The van der Waals surface area contributed by atoms with Crippen molar-refractivity contribution in [3.63, 3.8) is 0 Å². The van der Waals surface area contributed by atoms with Crippen LogP contribution in [0.15, 0.2) is 48.5 Å². The molecule has 2 saturated heterocycles. The van der Waals surface area contributed by atoms with Gasteiger partial charge in [-0.2, -0.15) is 0 Å². The van der Waals surface area contributed by atoms with Gasteiger partial charge in [0.15, 0.2) is 0 Å². The molecule has 30 heavy (non-hydrogen) atoms. The Labute approximate surface area is 176 Å². The molecule has 0 spiro atoms. The molecule has 0 atom stereocenters. The van der Waals surface area contributed by atoms with Crippen LogP contribution in [0.2, 0.25) is 0 Å². The van der Waals surface area contributed by atoms with Crippen LogP contribution < -0.4 is 4.90 Å². The summed E-state index contributed by atoms with van der Waals surface area (Å²) in [7, 11) is 0. The SMILES string of the molecule is O=C(CN1CCN(c2ccc(F)cc2)CC1)N1CCN(Cc2ccccc2F)CC1. The average Bonchev–Trinajstić information content (AvgIpc) is 2.77. The summed E-state index contributed by atoms with van der Waals surface area (Å²) in [5, 5.41) is 0. The second-order valence-electron chi connectivity index (χ2n) is 7.99. The molecule has 2 aliphatic rings. The molecule has 0 bridgehead atoms. The predicted octanol–water partition coefficient (Wildman–Crippen LogP) is 2.43. The molecule has 7 heteroatoms. The molecule has 0 N–H and O–H groups in total. The Balaban J connectivity index is 1.20. The fraction of sp³-hybridized carbons (Fsp3) is 0.435. The lowest BCUT2D eigenvalue weighted by atomic mass is 10.2. The minimum Gasteiger partial charge on any atom is -0.369 e. The fourth-order valence-electron chi connectivity index (χ4n) is 4.13. The quantitative estimate of drug-likeness (QED) is 0.752. The van der Waals surface area contributed by atoms with E-state index in [1.54, 1.807) is 18.2 Å². The zero-order valence-corrected chi connectivity index (χ0v) is 17.1. The van der Waals surface area contributed by atoms with Gasteiger partial charge in [-0.15, -0.1) is 0 Å². The molecule has 0 aromatic heterocycles.